The number of ketones is 1. The average Bonchev–Trinajstić information content (AvgIpc) is 2.77. The van der Waals surface area contributed by atoms with Gasteiger partial charge in [0, 0.05) is 12.0 Å². The van der Waals surface area contributed by atoms with Crippen molar-refractivity contribution in [3.63, 3.8) is 0 Å². The third-order valence-corrected chi connectivity index (χ3v) is 5.06. The van der Waals surface area contributed by atoms with Crippen LogP contribution in [0.15, 0.2) is 66.7 Å². The van der Waals surface area contributed by atoms with Gasteiger partial charge in [0.1, 0.15) is 11.5 Å². The summed E-state index contributed by atoms with van der Waals surface area (Å²) in [6, 6.07) is 19.9. The van der Waals surface area contributed by atoms with Gasteiger partial charge < -0.3 is 4.74 Å². The van der Waals surface area contributed by atoms with Crippen molar-refractivity contribution >= 4 is 39.9 Å². The SMILES string of the molecule is CCC(=O)c1cc(Oc2ccc3ccccc3c2C=O)c(C=O)c2ccccc12. The smallest absolute Gasteiger partial charge is 0.163 e. The van der Waals surface area contributed by atoms with Gasteiger partial charge in [-0.15, -0.1) is 0 Å². The molecule has 4 rings (SSSR count). The number of fused-ring (bicyclic) bond motifs is 2. The van der Waals surface area contributed by atoms with Crippen LogP contribution >= 0.6 is 0 Å². The Morgan fingerprint density at radius 2 is 1.41 bits per heavy atom. The quantitative estimate of drug-likeness (QED) is 0.303. The first-order valence-corrected chi connectivity index (χ1v) is 9.36. The number of rotatable bonds is 6. The van der Waals surface area contributed by atoms with E-state index in [9.17, 15) is 14.4 Å². The van der Waals surface area contributed by atoms with Gasteiger partial charge >= 0.3 is 0 Å². The summed E-state index contributed by atoms with van der Waals surface area (Å²) in [7, 11) is 0. The van der Waals surface area contributed by atoms with Crippen molar-refractivity contribution in [2.45, 2.75) is 13.3 Å². The molecule has 0 radical (unpaired) electrons. The minimum Gasteiger partial charge on any atom is -0.456 e. The summed E-state index contributed by atoms with van der Waals surface area (Å²) < 4.78 is 6.06. The summed E-state index contributed by atoms with van der Waals surface area (Å²) in [6.07, 6.45) is 1.80. The molecular formula is C25H18O4. The highest BCUT2D eigenvalue weighted by Gasteiger charge is 2.18. The number of aldehydes is 2. The van der Waals surface area contributed by atoms with Crippen molar-refractivity contribution in [3.05, 3.63) is 83.4 Å². The minimum absolute atomic E-state index is 0.0439. The van der Waals surface area contributed by atoms with Crippen molar-refractivity contribution in [3.8, 4) is 11.5 Å². The van der Waals surface area contributed by atoms with Crippen molar-refractivity contribution in [1.29, 1.82) is 0 Å². The highest BCUT2D eigenvalue weighted by Crippen LogP contribution is 2.36. The van der Waals surface area contributed by atoms with Crippen LogP contribution in [0.25, 0.3) is 21.5 Å². The van der Waals surface area contributed by atoms with Gasteiger partial charge in [0.05, 0.1) is 11.1 Å². The molecule has 0 amide bonds. The lowest BCUT2D eigenvalue weighted by Gasteiger charge is -2.15. The van der Waals surface area contributed by atoms with Crippen LogP contribution in [-0.4, -0.2) is 18.4 Å². The average molecular weight is 382 g/mol. The second kappa shape index (κ2) is 7.68. The molecule has 4 heteroatoms. The summed E-state index contributed by atoms with van der Waals surface area (Å²) in [5, 5.41) is 3.03. The van der Waals surface area contributed by atoms with Crippen LogP contribution in [0.5, 0.6) is 11.5 Å². The maximum atomic E-state index is 12.5. The Labute approximate surface area is 167 Å². The lowest BCUT2D eigenvalue weighted by atomic mass is 9.96. The van der Waals surface area contributed by atoms with E-state index in [1.165, 1.54) is 0 Å². The number of ether oxygens (including phenoxy) is 1. The van der Waals surface area contributed by atoms with Gasteiger partial charge in [-0.2, -0.15) is 0 Å². The number of hydrogen-bond acceptors (Lipinski definition) is 4. The molecule has 29 heavy (non-hydrogen) atoms. The van der Waals surface area contributed by atoms with Crippen LogP contribution < -0.4 is 4.74 Å². The molecule has 0 N–H and O–H groups in total. The van der Waals surface area contributed by atoms with Crippen LogP contribution in [-0.2, 0) is 0 Å². The fraction of sp³-hybridized carbons (Fsp3) is 0.0800. The Balaban J connectivity index is 1.95. The molecule has 0 bridgehead atoms. The number of carbonyl (C=O) groups is 3. The highest BCUT2D eigenvalue weighted by molar-refractivity contribution is 6.13. The Kier molecular flexibility index (Phi) is 4.92. The lowest BCUT2D eigenvalue weighted by Crippen LogP contribution is -2.02. The molecule has 4 aromatic carbocycles. The Morgan fingerprint density at radius 1 is 0.793 bits per heavy atom. The first-order valence-electron chi connectivity index (χ1n) is 9.36. The predicted octanol–water partition coefficient (Wildman–Crippen LogP) is 6.00. The molecule has 0 heterocycles. The third-order valence-electron chi connectivity index (χ3n) is 5.06. The first-order chi connectivity index (χ1) is 14.2. The molecule has 0 aromatic heterocycles. The molecule has 0 spiro atoms. The van der Waals surface area contributed by atoms with Crippen molar-refractivity contribution in [2.75, 3.05) is 0 Å². The summed E-state index contributed by atoms with van der Waals surface area (Å²) in [6.45, 7) is 1.79. The molecule has 0 saturated heterocycles. The molecule has 0 aliphatic rings. The number of Topliss-reactive ketones (excluding diaryl/α,β-unsaturated/α-hetero) is 1. The van der Waals surface area contributed by atoms with E-state index in [0.717, 1.165) is 23.3 Å². The van der Waals surface area contributed by atoms with Crippen LogP contribution in [0.3, 0.4) is 0 Å². The molecular weight excluding hydrogens is 364 g/mol. The van der Waals surface area contributed by atoms with Gasteiger partial charge in [-0.1, -0.05) is 61.5 Å². The fourth-order valence-corrected chi connectivity index (χ4v) is 3.60. The molecule has 0 aliphatic carbocycles. The minimum atomic E-state index is -0.0439. The fourth-order valence-electron chi connectivity index (χ4n) is 3.60. The van der Waals surface area contributed by atoms with Crippen LogP contribution in [0.2, 0.25) is 0 Å². The topological polar surface area (TPSA) is 60.4 Å². The van der Waals surface area contributed by atoms with Crippen LogP contribution in [0.1, 0.15) is 44.4 Å². The molecule has 4 aromatic rings. The second-order valence-electron chi connectivity index (χ2n) is 6.69. The summed E-state index contributed by atoms with van der Waals surface area (Å²) in [5.74, 6) is 0.554. The number of benzene rings is 4. The molecule has 0 atom stereocenters. The standard InChI is InChI=1S/C25H18O4/c1-2-23(28)20-13-25(22(15-27)19-10-6-5-9-18(19)20)29-24-12-11-16-7-3-4-8-17(16)21(24)14-26/h3-15H,2H2,1H3. The monoisotopic (exact) mass is 382 g/mol. The van der Waals surface area contributed by atoms with Crippen LogP contribution in [0, 0.1) is 0 Å². The molecule has 0 saturated carbocycles. The zero-order valence-corrected chi connectivity index (χ0v) is 15.8. The van der Waals surface area contributed by atoms with E-state index >= 15 is 0 Å². The third kappa shape index (κ3) is 3.19. The predicted molar refractivity (Wildman–Crippen MR) is 113 cm³/mol. The van der Waals surface area contributed by atoms with Gasteiger partial charge in [0.2, 0.25) is 0 Å². The van der Waals surface area contributed by atoms with Crippen molar-refractivity contribution in [2.24, 2.45) is 0 Å². The normalized spacial score (nSPS) is 10.8. The Morgan fingerprint density at radius 3 is 2.10 bits per heavy atom. The zero-order chi connectivity index (χ0) is 20.4. The van der Waals surface area contributed by atoms with Crippen molar-refractivity contribution in [1.82, 2.24) is 0 Å². The first kappa shape index (κ1) is 18.6. The molecule has 4 nitrogen and oxygen atoms in total. The molecule has 0 unspecified atom stereocenters. The zero-order valence-electron chi connectivity index (χ0n) is 15.8. The van der Waals surface area contributed by atoms with Gasteiger partial charge in [-0.25, -0.2) is 0 Å². The maximum absolute atomic E-state index is 12.5. The number of carbonyl (C=O) groups excluding carboxylic acids is 3. The van der Waals surface area contributed by atoms with E-state index < -0.39 is 0 Å². The Bertz CT molecular complexity index is 1270. The van der Waals surface area contributed by atoms with E-state index in [1.807, 2.05) is 48.5 Å². The van der Waals surface area contributed by atoms with Gasteiger partial charge in [-0.05, 0) is 33.7 Å². The van der Waals surface area contributed by atoms with E-state index in [4.69, 9.17) is 4.74 Å². The summed E-state index contributed by atoms with van der Waals surface area (Å²) >= 11 is 0. The van der Waals surface area contributed by atoms with E-state index in [0.29, 0.717) is 39.6 Å². The Hall–Kier alpha value is -3.79. The van der Waals surface area contributed by atoms with Crippen molar-refractivity contribution < 1.29 is 19.1 Å². The van der Waals surface area contributed by atoms with Gasteiger partial charge in [0.15, 0.2) is 18.4 Å². The largest absolute Gasteiger partial charge is 0.456 e. The lowest BCUT2D eigenvalue weighted by molar-refractivity contribution is 0.0988. The molecule has 0 fully saturated rings. The van der Waals surface area contributed by atoms with Gasteiger partial charge in [0.25, 0.3) is 0 Å². The summed E-state index contributed by atoms with van der Waals surface area (Å²) in [4.78, 5) is 36.3. The summed E-state index contributed by atoms with van der Waals surface area (Å²) in [5.41, 5.74) is 1.24. The van der Waals surface area contributed by atoms with E-state index in [-0.39, 0.29) is 11.5 Å². The molecule has 0 aliphatic heterocycles. The van der Waals surface area contributed by atoms with Crippen LogP contribution in [0.4, 0.5) is 0 Å². The maximum Gasteiger partial charge on any atom is 0.163 e. The molecule has 142 valence electrons. The van der Waals surface area contributed by atoms with E-state index in [1.54, 1.807) is 25.1 Å². The number of hydrogen-bond donors (Lipinski definition) is 0. The second-order valence-corrected chi connectivity index (χ2v) is 6.69. The van der Waals surface area contributed by atoms with Gasteiger partial charge in [-0.3, -0.25) is 14.4 Å². The van der Waals surface area contributed by atoms with E-state index in [2.05, 4.69) is 0 Å². The highest BCUT2D eigenvalue weighted by atomic mass is 16.5.